The van der Waals surface area contributed by atoms with Gasteiger partial charge in [-0.15, -0.1) is 0 Å². The molecule has 4 nitrogen and oxygen atoms in total. The first kappa shape index (κ1) is 18.1. The fourth-order valence-electron chi connectivity index (χ4n) is 1.74. The minimum atomic E-state index is -3.46. The summed E-state index contributed by atoms with van der Waals surface area (Å²) in [5.74, 6) is 0.256. The largest absolute Gasteiger partial charge is 0.313 e. The van der Waals surface area contributed by atoms with E-state index < -0.39 is 10.0 Å². The van der Waals surface area contributed by atoms with Crippen molar-refractivity contribution in [3.05, 3.63) is 29.8 Å². The van der Waals surface area contributed by atoms with Crippen molar-refractivity contribution in [3.8, 4) is 0 Å². The summed E-state index contributed by atoms with van der Waals surface area (Å²) in [5.41, 5.74) is 1.04. The molecule has 0 heterocycles. The molecule has 0 saturated heterocycles. The van der Waals surface area contributed by atoms with Gasteiger partial charge in [-0.2, -0.15) is 0 Å². The van der Waals surface area contributed by atoms with Crippen LogP contribution in [-0.2, 0) is 10.0 Å². The Hall–Kier alpha value is -0.910. The molecule has 1 rings (SSSR count). The van der Waals surface area contributed by atoms with Gasteiger partial charge in [-0.25, -0.2) is 13.1 Å². The lowest BCUT2D eigenvalue weighted by Gasteiger charge is -2.27. The van der Waals surface area contributed by atoms with Crippen molar-refractivity contribution >= 4 is 10.0 Å². The van der Waals surface area contributed by atoms with Gasteiger partial charge in [-0.3, -0.25) is 0 Å². The summed E-state index contributed by atoms with van der Waals surface area (Å²) in [7, 11) is -1.60. The van der Waals surface area contributed by atoms with Crippen LogP contribution in [0.25, 0.3) is 0 Å². The highest BCUT2D eigenvalue weighted by Gasteiger charge is 2.23. The van der Waals surface area contributed by atoms with Gasteiger partial charge in [0, 0.05) is 12.6 Å². The van der Waals surface area contributed by atoms with E-state index in [-0.39, 0.29) is 17.4 Å². The number of sulfonamides is 1. The highest BCUT2D eigenvalue weighted by molar-refractivity contribution is 7.89. The summed E-state index contributed by atoms with van der Waals surface area (Å²) in [5, 5.41) is 3.11. The van der Waals surface area contributed by atoms with Crippen LogP contribution in [0.5, 0.6) is 0 Å². The topological polar surface area (TPSA) is 58.2 Å². The highest BCUT2D eigenvalue weighted by atomic mass is 32.2. The summed E-state index contributed by atoms with van der Waals surface area (Å²) in [4.78, 5) is 0.322. The van der Waals surface area contributed by atoms with Gasteiger partial charge in [0.05, 0.1) is 4.90 Å². The molecule has 2 unspecified atom stereocenters. The number of benzene rings is 1. The predicted octanol–water partition coefficient (Wildman–Crippen LogP) is 2.93. The van der Waals surface area contributed by atoms with Gasteiger partial charge in [-0.05, 0) is 43.0 Å². The standard InChI is InChI=1S/C16H28N2O2S/c1-12(16(3,4)5)11-18-21(19,20)15-9-7-8-14(10-15)13(2)17-6/h7-10,12-13,17-18H,11H2,1-6H3. The number of hydrogen-bond acceptors (Lipinski definition) is 3. The lowest BCUT2D eigenvalue weighted by Crippen LogP contribution is -2.33. The zero-order chi connectivity index (χ0) is 16.3. The van der Waals surface area contributed by atoms with Gasteiger partial charge in [0.1, 0.15) is 0 Å². The van der Waals surface area contributed by atoms with Gasteiger partial charge in [0.2, 0.25) is 10.0 Å². The summed E-state index contributed by atoms with van der Waals surface area (Å²) in [6.45, 7) is 10.8. The minimum Gasteiger partial charge on any atom is -0.313 e. The van der Waals surface area contributed by atoms with Gasteiger partial charge >= 0.3 is 0 Å². The van der Waals surface area contributed by atoms with E-state index in [4.69, 9.17) is 0 Å². The fraction of sp³-hybridized carbons (Fsp3) is 0.625. The molecule has 0 aromatic heterocycles. The molecule has 0 radical (unpaired) electrons. The van der Waals surface area contributed by atoms with Crippen molar-refractivity contribution in [1.82, 2.24) is 10.0 Å². The zero-order valence-corrected chi connectivity index (χ0v) is 14.7. The molecule has 120 valence electrons. The second-order valence-corrected chi connectivity index (χ2v) is 8.47. The van der Waals surface area contributed by atoms with Crippen molar-refractivity contribution in [3.63, 3.8) is 0 Å². The van der Waals surface area contributed by atoms with Crippen molar-refractivity contribution in [2.75, 3.05) is 13.6 Å². The van der Waals surface area contributed by atoms with Crippen LogP contribution in [0.15, 0.2) is 29.2 Å². The molecule has 0 aliphatic carbocycles. The van der Waals surface area contributed by atoms with Crippen LogP contribution < -0.4 is 10.0 Å². The average molecular weight is 312 g/mol. The van der Waals surface area contributed by atoms with Crippen LogP contribution in [0.3, 0.4) is 0 Å². The zero-order valence-electron chi connectivity index (χ0n) is 13.9. The molecule has 0 spiro atoms. The van der Waals surface area contributed by atoms with Crippen LogP contribution >= 0.6 is 0 Å². The Labute approximate surface area is 129 Å². The van der Waals surface area contributed by atoms with Crippen LogP contribution in [-0.4, -0.2) is 22.0 Å². The maximum atomic E-state index is 12.4. The molecule has 1 aromatic carbocycles. The number of rotatable bonds is 6. The first-order valence-corrected chi connectivity index (χ1v) is 8.83. The molecule has 0 aliphatic rings. The van der Waals surface area contributed by atoms with E-state index in [0.717, 1.165) is 5.56 Å². The molecule has 1 aromatic rings. The van der Waals surface area contributed by atoms with Crippen LogP contribution in [0.2, 0.25) is 0 Å². The van der Waals surface area contributed by atoms with Gasteiger partial charge < -0.3 is 5.32 Å². The molecule has 0 amide bonds. The SMILES string of the molecule is CNC(C)c1cccc(S(=O)(=O)NCC(C)C(C)(C)C)c1. The summed E-state index contributed by atoms with van der Waals surface area (Å²) < 4.78 is 27.5. The lowest BCUT2D eigenvalue weighted by atomic mass is 9.82. The maximum absolute atomic E-state index is 12.4. The summed E-state index contributed by atoms with van der Waals surface area (Å²) in [6, 6.07) is 7.19. The van der Waals surface area contributed by atoms with Crippen LogP contribution in [0, 0.1) is 11.3 Å². The third-order valence-electron chi connectivity index (χ3n) is 4.16. The van der Waals surface area contributed by atoms with Crippen molar-refractivity contribution in [2.45, 2.75) is 45.6 Å². The van der Waals surface area contributed by atoms with Crippen molar-refractivity contribution in [2.24, 2.45) is 11.3 Å². The number of nitrogens with one attached hydrogen (secondary N) is 2. The molecule has 21 heavy (non-hydrogen) atoms. The molecule has 5 heteroatoms. The minimum absolute atomic E-state index is 0.0744. The Bertz CT molecular complexity index is 562. The van der Waals surface area contributed by atoms with E-state index in [2.05, 4.69) is 37.7 Å². The molecule has 2 N–H and O–H groups in total. The maximum Gasteiger partial charge on any atom is 0.240 e. The fourth-order valence-corrected chi connectivity index (χ4v) is 2.93. The van der Waals surface area contributed by atoms with E-state index in [9.17, 15) is 8.42 Å². The third-order valence-corrected chi connectivity index (χ3v) is 5.58. The second-order valence-electron chi connectivity index (χ2n) is 6.70. The molecule has 0 fully saturated rings. The summed E-state index contributed by atoms with van der Waals surface area (Å²) >= 11 is 0. The molecule has 0 bridgehead atoms. The Morgan fingerprint density at radius 1 is 1.19 bits per heavy atom. The second kappa shape index (κ2) is 6.90. The third kappa shape index (κ3) is 5.09. The average Bonchev–Trinajstić information content (AvgIpc) is 2.43. The Kier molecular flexibility index (Phi) is 5.96. The predicted molar refractivity (Wildman–Crippen MR) is 87.7 cm³/mol. The first-order chi connectivity index (χ1) is 9.58. The summed E-state index contributed by atoms with van der Waals surface area (Å²) in [6.07, 6.45) is 0. The molecular formula is C16H28N2O2S. The van der Waals surface area contributed by atoms with Crippen LogP contribution in [0.1, 0.15) is 46.2 Å². The molecular weight excluding hydrogens is 284 g/mol. The van der Waals surface area contributed by atoms with E-state index in [1.165, 1.54) is 0 Å². The van der Waals surface area contributed by atoms with Crippen LogP contribution in [0.4, 0.5) is 0 Å². The van der Waals surface area contributed by atoms with Gasteiger partial charge in [0.15, 0.2) is 0 Å². The van der Waals surface area contributed by atoms with Crippen molar-refractivity contribution < 1.29 is 8.42 Å². The number of hydrogen-bond donors (Lipinski definition) is 2. The molecule has 2 atom stereocenters. The molecule has 0 saturated carbocycles. The highest BCUT2D eigenvalue weighted by Crippen LogP contribution is 2.25. The first-order valence-electron chi connectivity index (χ1n) is 7.35. The van der Waals surface area contributed by atoms with E-state index in [1.54, 1.807) is 18.2 Å². The van der Waals surface area contributed by atoms with Crippen molar-refractivity contribution in [1.29, 1.82) is 0 Å². The van der Waals surface area contributed by atoms with E-state index in [0.29, 0.717) is 11.4 Å². The normalized spacial score (nSPS) is 15.7. The van der Waals surface area contributed by atoms with E-state index >= 15 is 0 Å². The Morgan fingerprint density at radius 2 is 1.81 bits per heavy atom. The Balaban J connectivity index is 2.89. The smallest absolute Gasteiger partial charge is 0.240 e. The quantitative estimate of drug-likeness (QED) is 0.849. The Morgan fingerprint density at radius 3 is 2.33 bits per heavy atom. The van der Waals surface area contributed by atoms with E-state index in [1.807, 2.05) is 20.0 Å². The van der Waals surface area contributed by atoms with Gasteiger partial charge in [0.25, 0.3) is 0 Å². The molecule has 0 aliphatic heterocycles. The monoisotopic (exact) mass is 312 g/mol. The lowest BCUT2D eigenvalue weighted by molar-refractivity contribution is 0.263. The van der Waals surface area contributed by atoms with Gasteiger partial charge in [-0.1, -0.05) is 39.8 Å².